The monoisotopic (exact) mass is 231 g/mol. The fraction of sp³-hybridized carbons (Fsp3) is 0.308. The molecule has 0 amide bonds. The number of hydrogen-bond acceptors (Lipinski definition) is 4. The van der Waals surface area contributed by atoms with Gasteiger partial charge in [-0.1, -0.05) is 0 Å². The molecule has 0 bridgehead atoms. The molecule has 90 valence electrons. The van der Waals surface area contributed by atoms with Crippen LogP contribution in [0.15, 0.2) is 28.8 Å². The zero-order chi connectivity index (χ0) is 12.4. The van der Waals surface area contributed by atoms with Gasteiger partial charge in [0.2, 0.25) is 0 Å². The van der Waals surface area contributed by atoms with Crippen molar-refractivity contribution in [2.75, 3.05) is 11.1 Å². The summed E-state index contributed by atoms with van der Waals surface area (Å²) in [6.45, 7) is 5.93. The third kappa shape index (κ3) is 2.58. The first kappa shape index (κ1) is 11.5. The highest BCUT2D eigenvalue weighted by Gasteiger charge is 2.10. The zero-order valence-electron chi connectivity index (χ0n) is 10.3. The van der Waals surface area contributed by atoms with Crippen molar-refractivity contribution in [3.63, 3.8) is 0 Å². The van der Waals surface area contributed by atoms with Crippen LogP contribution in [0.3, 0.4) is 0 Å². The van der Waals surface area contributed by atoms with E-state index in [0.717, 1.165) is 22.9 Å². The highest BCUT2D eigenvalue weighted by Crippen LogP contribution is 2.21. The van der Waals surface area contributed by atoms with E-state index in [1.165, 1.54) is 0 Å². The van der Waals surface area contributed by atoms with Crippen LogP contribution in [0.2, 0.25) is 0 Å². The van der Waals surface area contributed by atoms with Crippen LogP contribution in [0, 0.1) is 13.8 Å². The average Bonchev–Trinajstić information content (AvgIpc) is 2.70. The molecule has 1 unspecified atom stereocenters. The molecular formula is C13H17N3O. The SMILES string of the molecule is Cc1ccc(C(C)Nc2cc(C)c(N)cn2)o1. The summed E-state index contributed by atoms with van der Waals surface area (Å²) in [4.78, 5) is 4.23. The van der Waals surface area contributed by atoms with E-state index in [4.69, 9.17) is 10.2 Å². The predicted octanol–water partition coefficient (Wildman–Crippen LogP) is 3.05. The standard InChI is InChI=1S/C13H17N3O/c1-8-6-13(15-7-11(8)14)16-10(3)12-5-4-9(2)17-12/h4-7,10H,14H2,1-3H3,(H,15,16). The number of rotatable bonds is 3. The van der Waals surface area contributed by atoms with Crippen LogP contribution < -0.4 is 11.1 Å². The smallest absolute Gasteiger partial charge is 0.126 e. The molecule has 0 fully saturated rings. The molecule has 0 aliphatic rings. The van der Waals surface area contributed by atoms with Gasteiger partial charge in [-0.2, -0.15) is 0 Å². The lowest BCUT2D eigenvalue weighted by Crippen LogP contribution is -2.07. The summed E-state index contributed by atoms with van der Waals surface area (Å²) in [5, 5.41) is 3.28. The predicted molar refractivity (Wildman–Crippen MR) is 68.9 cm³/mol. The number of hydrogen-bond donors (Lipinski definition) is 2. The van der Waals surface area contributed by atoms with Crippen molar-refractivity contribution < 1.29 is 4.42 Å². The van der Waals surface area contributed by atoms with Gasteiger partial charge in [-0.25, -0.2) is 4.98 Å². The highest BCUT2D eigenvalue weighted by atomic mass is 16.3. The fourth-order valence-corrected chi connectivity index (χ4v) is 1.62. The van der Waals surface area contributed by atoms with E-state index in [2.05, 4.69) is 10.3 Å². The molecule has 1 atom stereocenters. The van der Waals surface area contributed by atoms with Crippen LogP contribution >= 0.6 is 0 Å². The van der Waals surface area contributed by atoms with Crippen molar-refractivity contribution in [2.24, 2.45) is 0 Å². The Labute approximate surface area is 101 Å². The number of nitrogens with one attached hydrogen (secondary N) is 1. The molecule has 0 saturated carbocycles. The normalized spacial score (nSPS) is 12.4. The maximum atomic E-state index is 5.73. The Bertz CT molecular complexity index is 519. The van der Waals surface area contributed by atoms with Crippen LogP contribution in [0.25, 0.3) is 0 Å². The van der Waals surface area contributed by atoms with Crippen molar-refractivity contribution >= 4 is 11.5 Å². The summed E-state index contributed by atoms with van der Waals surface area (Å²) in [6.07, 6.45) is 1.66. The van der Waals surface area contributed by atoms with Crippen molar-refractivity contribution in [3.8, 4) is 0 Å². The number of pyridine rings is 1. The molecule has 2 aromatic rings. The van der Waals surface area contributed by atoms with Gasteiger partial charge >= 0.3 is 0 Å². The van der Waals surface area contributed by atoms with Gasteiger partial charge in [-0.05, 0) is 44.5 Å². The van der Waals surface area contributed by atoms with Crippen molar-refractivity contribution in [1.29, 1.82) is 0 Å². The van der Waals surface area contributed by atoms with E-state index in [0.29, 0.717) is 5.69 Å². The van der Waals surface area contributed by atoms with Crippen LogP contribution in [0.1, 0.15) is 30.0 Å². The Morgan fingerprint density at radius 3 is 2.71 bits per heavy atom. The van der Waals surface area contributed by atoms with Crippen molar-refractivity contribution in [3.05, 3.63) is 41.5 Å². The zero-order valence-corrected chi connectivity index (χ0v) is 10.3. The number of nitrogen functional groups attached to an aromatic ring is 1. The molecule has 0 spiro atoms. The topological polar surface area (TPSA) is 64.1 Å². The molecule has 0 aliphatic heterocycles. The minimum Gasteiger partial charge on any atom is -0.464 e. The number of nitrogens with zero attached hydrogens (tertiary/aromatic N) is 1. The second kappa shape index (κ2) is 4.49. The number of anilines is 2. The van der Waals surface area contributed by atoms with Gasteiger partial charge in [0.1, 0.15) is 17.3 Å². The Hall–Kier alpha value is -1.97. The van der Waals surface area contributed by atoms with E-state index < -0.39 is 0 Å². The third-order valence-electron chi connectivity index (χ3n) is 2.70. The Kier molecular flexibility index (Phi) is 3.04. The molecule has 0 aliphatic carbocycles. The number of furan rings is 1. The first-order chi connectivity index (χ1) is 8.06. The molecule has 3 N–H and O–H groups in total. The van der Waals surface area contributed by atoms with Gasteiger partial charge in [0, 0.05) is 0 Å². The summed E-state index contributed by atoms with van der Waals surface area (Å²) in [7, 11) is 0. The van der Waals surface area contributed by atoms with Gasteiger partial charge in [-0.3, -0.25) is 0 Å². The lowest BCUT2D eigenvalue weighted by Gasteiger charge is -2.13. The lowest BCUT2D eigenvalue weighted by atomic mass is 10.2. The van der Waals surface area contributed by atoms with E-state index in [1.54, 1.807) is 6.20 Å². The van der Waals surface area contributed by atoms with Gasteiger partial charge in [-0.15, -0.1) is 0 Å². The average molecular weight is 231 g/mol. The lowest BCUT2D eigenvalue weighted by molar-refractivity contribution is 0.466. The second-order valence-electron chi connectivity index (χ2n) is 4.24. The first-order valence-corrected chi connectivity index (χ1v) is 5.61. The molecule has 2 rings (SSSR count). The van der Waals surface area contributed by atoms with Crippen LogP contribution in [0.4, 0.5) is 11.5 Å². The molecule has 2 aromatic heterocycles. The summed E-state index contributed by atoms with van der Waals surface area (Å²) < 4.78 is 5.56. The quantitative estimate of drug-likeness (QED) is 0.852. The van der Waals surface area contributed by atoms with Gasteiger partial charge in [0.15, 0.2) is 0 Å². The van der Waals surface area contributed by atoms with Crippen LogP contribution in [0.5, 0.6) is 0 Å². The largest absolute Gasteiger partial charge is 0.464 e. The second-order valence-corrected chi connectivity index (χ2v) is 4.24. The minimum absolute atomic E-state index is 0.0826. The molecular weight excluding hydrogens is 214 g/mol. The van der Waals surface area contributed by atoms with Crippen molar-refractivity contribution in [2.45, 2.75) is 26.8 Å². The Balaban J connectivity index is 2.12. The van der Waals surface area contributed by atoms with Crippen LogP contribution in [-0.2, 0) is 0 Å². The number of nitrogens with two attached hydrogens (primary N) is 1. The molecule has 4 nitrogen and oxygen atoms in total. The minimum atomic E-state index is 0.0826. The third-order valence-corrected chi connectivity index (χ3v) is 2.70. The van der Waals surface area contributed by atoms with E-state index >= 15 is 0 Å². The highest BCUT2D eigenvalue weighted by molar-refractivity contribution is 5.51. The number of aryl methyl sites for hydroxylation is 2. The van der Waals surface area contributed by atoms with E-state index in [1.807, 2.05) is 39.0 Å². The molecule has 17 heavy (non-hydrogen) atoms. The fourth-order valence-electron chi connectivity index (χ4n) is 1.62. The molecule has 2 heterocycles. The van der Waals surface area contributed by atoms with Gasteiger partial charge in [0.05, 0.1) is 17.9 Å². The maximum Gasteiger partial charge on any atom is 0.126 e. The number of aromatic nitrogens is 1. The Morgan fingerprint density at radius 2 is 2.12 bits per heavy atom. The molecule has 0 saturated heterocycles. The summed E-state index contributed by atoms with van der Waals surface area (Å²) in [5.74, 6) is 2.62. The van der Waals surface area contributed by atoms with E-state index in [-0.39, 0.29) is 6.04 Å². The first-order valence-electron chi connectivity index (χ1n) is 5.61. The maximum absolute atomic E-state index is 5.73. The molecule has 0 radical (unpaired) electrons. The summed E-state index contributed by atoms with van der Waals surface area (Å²) >= 11 is 0. The Morgan fingerprint density at radius 1 is 1.35 bits per heavy atom. The van der Waals surface area contributed by atoms with Crippen LogP contribution in [-0.4, -0.2) is 4.98 Å². The van der Waals surface area contributed by atoms with Gasteiger partial charge < -0.3 is 15.5 Å². The summed E-state index contributed by atoms with van der Waals surface area (Å²) in [6, 6.07) is 5.94. The molecule has 0 aromatic carbocycles. The van der Waals surface area contributed by atoms with Crippen molar-refractivity contribution in [1.82, 2.24) is 4.98 Å². The van der Waals surface area contributed by atoms with E-state index in [9.17, 15) is 0 Å². The van der Waals surface area contributed by atoms with Gasteiger partial charge in [0.25, 0.3) is 0 Å². The summed E-state index contributed by atoms with van der Waals surface area (Å²) in [5.41, 5.74) is 7.45. The molecule has 4 heteroatoms.